The van der Waals surface area contributed by atoms with E-state index >= 15 is 0 Å². The Morgan fingerprint density at radius 1 is 1.14 bits per heavy atom. The molecule has 4 rings (SSSR count). The molecule has 0 aliphatic rings. The predicted molar refractivity (Wildman–Crippen MR) is 149 cm³/mol. The number of carbonyl (C=O) groups is 1. The van der Waals surface area contributed by atoms with Crippen molar-refractivity contribution in [1.29, 1.82) is 0 Å². The molecular formula is C26H23IN4O3S. The molecule has 0 aliphatic heterocycles. The van der Waals surface area contributed by atoms with Crippen molar-refractivity contribution in [2.45, 2.75) is 6.92 Å². The third-order valence-corrected chi connectivity index (χ3v) is 6.45. The van der Waals surface area contributed by atoms with E-state index in [-0.39, 0.29) is 5.91 Å². The maximum atomic E-state index is 12.5. The minimum atomic E-state index is -0.301. The maximum absolute atomic E-state index is 12.5. The van der Waals surface area contributed by atoms with Crippen LogP contribution in [-0.2, 0) is 0 Å². The van der Waals surface area contributed by atoms with Crippen LogP contribution in [0.5, 0.6) is 11.5 Å². The van der Waals surface area contributed by atoms with Gasteiger partial charge in [-0.05, 0) is 71.5 Å². The summed E-state index contributed by atoms with van der Waals surface area (Å²) >= 11 is 3.71. The fourth-order valence-corrected chi connectivity index (χ4v) is 4.75. The number of halogens is 1. The number of ether oxygens (including phenoxy) is 2. The summed E-state index contributed by atoms with van der Waals surface area (Å²) in [6.45, 7) is 2.47. The number of nitrogens with zero attached hydrogens (tertiary/aromatic N) is 2. The van der Waals surface area contributed by atoms with Crippen molar-refractivity contribution < 1.29 is 14.3 Å². The zero-order chi connectivity index (χ0) is 24.6. The lowest BCUT2D eigenvalue weighted by atomic mass is 10.1. The highest BCUT2D eigenvalue weighted by atomic mass is 127. The molecule has 178 valence electrons. The minimum absolute atomic E-state index is 0.301. The van der Waals surface area contributed by atoms with Crippen LogP contribution < -0.4 is 20.2 Å². The van der Waals surface area contributed by atoms with Gasteiger partial charge < -0.3 is 14.8 Å². The first kappa shape index (κ1) is 24.7. The Morgan fingerprint density at radius 3 is 2.63 bits per heavy atom. The van der Waals surface area contributed by atoms with Crippen molar-refractivity contribution in [3.05, 3.63) is 86.8 Å². The number of hydrogen-bond acceptors (Lipinski definition) is 7. The van der Waals surface area contributed by atoms with Gasteiger partial charge in [0.05, 0.1) is 29.2 Å². The van der Waals surface area contributed by atoms with Crippen molar-refractivity contribution in [2.75, 3.05) is 19.0 Å². The molecule has 1 aromatic heterocycles. The summed E-state index contributed by atoms with van der Waals surface area (Å²) in [4.78, 5) is 17.2. The van der Waals surface area contributed by atoms with Crippen molar-refractivity contribution in [2.24, 2.45) is 5.10 Å². The maximum Gasteiger partial charge on any atom is 0.271 e. The molecule has 0 aliphatic carbocycles. The number of amides is 1. The lowest BCUT2D eigenvalue weighted by Crippen LogP contribution is -2.17. The van der Waals surface area contributed by atoms with E-state index in [2.05, 4.69) is 43.4 Å². The van der Waals surface area contributed by atoms with E-state index in [0.29, 0.717) is 23.7 Å². The molecule has 4 aromatic rings. The molecule has 9 heteroatoms. The van der Waals surface area contributed by atoms with E-state index in [1.807, 2.05) is 66.9 Å². The molecule has 7 nitrogen and oxygen atoms in total. The molecule has 0 atom stereocenters. The number of methoxy groups -OCH3 is 1. The van der Waals surface area contributed by atoms with E-state index < -0.39 is 0 Å². The fourth-order valence-electron chi connectivity index (χ4n) is 3.23. The van der Waals surface area contributed by atoms with Gasteiger partial charge in [0.15, 0.2) is 16.6 Å². The van der Waals surface area contributed by atoms with Crippen molar-refractivity contribution in [1.82, 2.24) is 10.4 Å². The summed E-state index contributed by atoms with van der Waals surface area (Å²) in [6, 6.07) is 20.9. The Hall–Kier alpha value is -3.44. The zero-order valence-electron chi connectivity index (χ0n) is 19.1. The smallest absolute Gasteiger partial charge is 0.271 e. The summed E-state index contributed by atoms with van der Waals surface area (Å²) in [5.41, 5.74) is 6.62. The first-order chi connectivity index (χ1) is 17.1. The van der Waals surface area contributed by atoms with Gasteiger partial charge in [-0.3, -0.25) is 4.79 Å². The van der Waals surface area contributed by atoms with Crippen LogP contribution in [0.25, 0.3) is 11.3 Å². The van der Waals surface area contributed by atoms with E-state index in [4.69, 9.17) is 9.47 Å². The molecule has 0 spiro atoms. The predicted octanol–water partition coefficient (Wildman–Crippen LogP) is 6.33. The SMILES string of the molecule is CCOc1c(I)cc(/C=N\NC(=O)c2ccc(-c3csc(Nc4ccccc4)n3)cc2)cc1OC. The second kappa shape index (κ2) is 11.8. The number of thiazole rings is 1. The van der Waals surface area contributed by atoms with Gasteiger partial charge in [-0.2, -0.15) is 5.10 Å². The molecule has 0 saturated carbocycles. The number of nitrogens with one attached hydrogen (secondary N) is 2. The van der Waals surface area contributed by atoms with Crippen LogP contribution in [0.2, 0.25) is 0 Å². The van der Waals surface area contributed by atoms with Gasteiger partial charge in [-0.25, -0.2) is 10.4 Å². The Bertz CT molecular complexity index is 1320. The van der Waals surface area contributed by atoms with Crippen LogP contribution in [0.1, 0.15) is 22.8 Å². The normalized spacial score (nSPS) is 10.8. The standard InChI is InChI=1S/C26H23IN4O3S/c1-3-34-24-21(27)13-17(14-23(24)33-2)15-28-31-25(32)19-11-9-18(10-12-19)22-16-35-26(30-22)29-20-7-5-4-6-8-20/h4-16H,3H2,1-2H3,(H,29,30)(H,31,32)/b28-15-. The molecule has 1 heterocycles. The number of anilines is 2. The third kappa shape index (κ3) is 6.37. The number of hydrogen-bond donors (Lipinski definition) is 2. The molecular weight excluding hydrogens is 575 g/mol. The minimum Gasteiger partial charge on any atom is -0.493 e. The van der Waals surface area contributed by atoms with Crippen molar-refractivity contribution in [3.8, 4) is 22.8 Å². The number of hydrazone groups is 1. The average molecular weight is 598 g/mol. The Labute approximate surface area is 221 Å². The molecule has 35 heavy (non-hydrogen) atoms. The summed E-state index contributed by atoms with van der Waals surface area (Å²) in [7, 11) is 1.59. The number of aromatic nitrogens is 1. The van der Waals surface area contributed by atoms with Crippen LogP contribution in [0.4, 0.5) is 10.8 Å². The Morgan fingerprint density at radius 2 is 1.91 bits per heavy atom. The molecule has 0 bridgehead atoms. The molecule has 3 aromatic carbocycles. The molecule has 1 amide bonds. The molecule has 0 unspecified atom stereocenters. The monoisotopic (exact) mass is 598 g/mol. The number of rotatable bonds is 9. The van der Waals surface area contributed by atoms with E-state index in [1.165, 1.54) is 11.3 Å². The van der Waals surface area contributed by atoms with Crippen molar-refractivity contribution >= 4 is 56.9 Å². The van der Waals surface area contributed by atoms with Crippen LogP contribution in [0.15, 0.2) is 77.2 Å². The lowest BCUT2D eigenvalue weighted by Gasteiger charge is -2.12. The number of carbonyl (C=O) groups excluding carboxylic acids is 1. The van der Waals surface area contributed by atoms with Gasteiger partial charge in [-0.15, -0.1) is 11.3 Å². The topological polar surface area (TPSA) is 84.8 Å². The summed E-state index contributed by atoms with van der Waals surface area (Å²) < 4.78 is 11.9. The fraction of sp³-hybridized carbons (Fsp3) is 0.115. The highest BCUT2D eigenvalue weighted by Crippen LogP contribution is 2.33. The first-order valence-corrected chi connectivity index (χ1v) is 12.7. The van der Waals surface area contributed by atoms with E-state index in [9.17, 15) is 4.79 Å². The summed E-state index contributed by atoms with van der Waals surface area (Å²) in [5.74, 6) is 1.01. The quantitative estimate of drug-likeness (QED) is 0.134. The highest BCUT2D eigenvalue weighted by Gasteiger charge is 2.11. The highest BCUT2D eigenvalue weighted by molar-refractivity contribution is 14.1. The van der Waals surface area contributed by atoms with Gasteiger partial charge in [0.25, 0.3) is 5.91 Å². The van der Waals surface area contributed by atoms with Crippen LogP contribution >= 0.6 is 33.9 Å². The third-order valence-electron chi connectivity index (χ3n) is 4.89. The van der Waals surface area contributed by atoms with Gasteiger partial charge in [0.2, 0.25) is 0 Å². The number of para-hydroxylation sites is 1. The first-order valence-electron chi connectivity index (χ1n) is 10.8. The van der Waals surface area contributed by atoms with E-state index in [1.54, 1.807) is 25.5 Å². The molecule has 0 radical (unpaired) electrons. The Balaban J connectivity index is 1.38. The van der Waals surface area contributed by atoms with Gasteiger partial charge in [0, 0.05) is 22.2 Å². The molecule has 0 saturated heterocycles. The summed E-state index contributed by atoms with van der Waals surface area (Å²) in [6.07, 6.45) is 1.57. The van der Waals surface area contributed by atoms with Crippen LogP contribution in [-0.4, -0.2) is 30.8 Å². The second-order valence-corrected chi connectivity index (χ2v) is 9.29. The second-order valence-electron chi connectivity index (χ2n) is 7.27. The van der Waals surface area contributed by atoms with Crippen LogP contribution in [0.3, 0.4) is 0 Å². The van der Waals surface area contributed by atoms with Gasteiger partial charge in [-0.1, -0.05) is 30.3 Å². The lowest BCUT2D eigenvalue weighted by molar-refractivity contribution is 0.0955. The Kier molecular flexibility index (Phi) is 8.32. The van der Waals surface area contributed by atoms with Gasteiger partial charge in [0.1, 0.15) is 0 Å². The molecule has 0 fully saturated rings. The van der Waals surface area contributed by atoms with Crippen LogP contribution in [0, 0.1) is 3.57 Å². The number of benzene rings is 3. The molecule has 2 N–H and O–H groups in total. The van der Waals surface area contributed by atoms with Gasteiger partial charge >= 0.3 is 0 Å². The van der Waals surface area contributed by atoms with Crippen molar-refractivity contribution in [3.63, 3.8) is 0 Å². The zero-order valence-corrected chi connectivity index (χ0v) is 22.1. The average Bonchev–Trinajstić information content (AvgIpc) is 3.34. The summed E-state index contributed by atoms with van der Waals surface area (Å²) in [5, 5.41) is 10.2. The van der Waals surface area contributed by atoms with E-state index in [0.717, 1.165) is 31.2 Å². The largest absolute Gasteiger partial charge is 0.493 e.